The second-order valence-electron chi connectivity index (χ2n) is 6.83. The minimum absolute atomic E-state index is 0.266. The molecule has 1 aromatic carbocycles. The Hall–Kier alpha value is -2.77. The van der Waals surface area contributed by atoms with Gasteiger partial charge in [0.2, 0.25) is 0 Å². The first-order valence-electron chi connectivity index (χ1n) is 8.84. The largest absolute Gasteiger partial charge is 0.469 e. The molecule has 8 heteroatoms. The van der Waals surface area contributed by atoms with E-state index in [-0.39, 0.29) is 12.4 Å². The van der Waals surface area contributed by atoms with Gasteiger partial charge in [0.1, 0.15) is 5.60 Å². The van der Waals surface area contributed by atoms with E-state index in [9.17, 15) is 9.59 Å². The van der Waals surface area contributed by atoms with E-state index in [0.29, 0.717) is 24.7 Å². The number of amides is 1. The Morgan fingerprint density at radius 2 is 1.70 bits per heavy atom. The zero-order valence-corrected chi connectivity index (χ0v) is 16.7. The molecule has 0 saturated carbocycles. The number of nitrogens with zero attached hydrogens (tertiary/aromatic N) is 1. The van der Waals surface area contributed by atoms with Crippen LogP contribution in [0.5, 0.6) is 0 Å². The van der Waals surface area contributed by atoms with E-state index in [1.807, 2.05) is 45.0 Å². The fourth-order valence-electron chi connectivity index (χ4n) is 2.11. The van der Waals surface area contributed by atoms with Crippen LogP contribution in [0.25, 0.3) is 0 Å². The molecule has 0 aliphatic rings. The molecule has 0 bridgehead atoms. The van der Waals surface area contributed by atoms with E-state index in [1.165, 1.54) is 7.11 Å². The predicted molar refractivity (Wildman–Crippen MR) is 106 cm³/mol. The number of nitrogens with one attached hydrogen (secondary N) is 3. The number of rotatable bonds is 7. The van der Waals surface area contributed by atoms with E-state index >= 15 is 0 Å². The number of methoxy groups -OCH3 is 1. The van der Waals surface area contributed by atoms with Gasteiger partial charge in [0.05, 0.1) is 13.5 Å². The van der Waals surface area contributed by atoms with Gasteiger partial charge in [-0.3, -0.25) is 15.1 Å². The Bertz CT molecular complexity index is 636. The molecule has 0 atom stereocenters. The smallest absolute Gasteiger partial charge is 0.412 e. The molecule has 0 unspecified atom stereocenters. The minimum atomic E-state index is -0.529. The van der Waals surface area contributed by atoms with Crippen LogP contribution in [0.15, 0.2) is 29.3 Å². The number of carbonyl (C=O) groups excluding carboxylic acids is 2. The Morgan fingerprint density at radius 1 is 1.07 bits per heavy atom. The summed E-state index contributed by atoms with van der Waals surface area (Å²) in [5.41, 5.74) is 1.27. The van der Waals surface area contributed by atoms with E-state index < -0.39 is 11.7 Å². The molecule has 1 amide bonds. The fourth-order valence-corrected chi connectivity index (χ4v) is 2.11. The quantitative estimate of drug-likeness (QED) is 0.382. The SMILES string of the molecule is CN=C(NCCC(=O)OC)NCCc1ccc(NC(=O)OC(C)(C)C)cc1. The lowest BCUT2D eigenvalue weighted by Crippen LogP contribution is -2.39. The lowest BCUT2D eigenvalue weighted by molar-refractivity contribution is -0.140. The topological polar surface area (TPSA) is 101 Å². The van der Waals surface area contributed by atoms with Gasteiger partial charge in [0.15, 0.2) is 5.96 Å². The van der Waals surface area contributed by atoms with Gasteiger partial charge in [-0.05, 0) is 44.9 Å². The molecule has 0 saturated heterocycles. The monoisotopic (exact) mass is 378 g/mol. The van der Waals surface area contributed by atoms with Crippen LogP contribution in [0.3, 0.4) is 0 Å². The summed E-state index contributed by atoms with van der Waals surface area (Å²) in [6.45, 7) is 6.59. The second-order valence-corrected chi connectivity index (χ2v) is 6.83. The first-order valence-corrected chi connectivity index (χ1v) is 8.84. The molecular formula is C19H30N4O4. The van der Waals surface area contributed by atoms with Gasteiger partial charge in [0.25, 0.3) is 0 Å². The third-order valence-corrected chi connectivity index (χ3v) is 3.38. The van der Waals surface area contributed by atoms with Crippen molar-refractivity contribution in [3.8, 4) is 0 Å². The molecule has 27 heavy (non-hydrogen) atoms. The molecule has 1 rings (SSSR count). The number of ether oxygens (including phenoxy) is 2. The third kappa shape index (κ3) is 10.1. The summed E-state index contributed by atoms with van der Waals surface area (Å²) in [5, 5.41) is 8.93. The van der Waals surface area contributed by atoms with Crippen LogP contribution in [0.4, 0.5) is 10.5 Å². The van der Waals surface area contributed by atoms with Crippen molar-refractivity contribution in [1.29, 1.82) is 0 Å². The maximum Gasteiger partial charge on any atom is 0.412 e. The van der Waals surface area contributed by atoms with E-state index in [4.69, 9.17) is 4.74 Å². The predicted octanol–water partition coefficient (Wildman–Crippen LogP) is 2.30. The highest BCUT2D eigenvalue weighted by Crippen LogP contribution is 2.13. The highest BCUT2D eigenvalue weighted by atomic mass is 16.6. The molecule has 0 aliphatic heterocycles. The summed E-state index contributed by atoms with van der Waals surface area (Å²) in [5.74, 6) is 0.361. The van der Waals surface area contributed by atoms with Crippen LogP contribution in [0.2, 0.25) is 0 Å². The third-order valence-electron chi connectivity index (χ3n) is 3.38. The lowest BCUT2D eigenvalue weighted by atomic mass is 10.1. The summed E-state index contributed by atoms with van der Waals surface area (Å²) in [7, 11) is 3.04. The van der Waals surface area contributed by atoms with Crippen molar-refractivity contribution in [3.05, 3.63) is 29.8 Å². The van der Waals surface area contributed by atoms with Crippen LogP contribution >= 0.6 is 0 Å². The normalized spacial score (nSPS) is 11.5. The number of aliphatic imine (C=N–C) groups is 1. The zero-order chi connectivity index (χ0) is 20.3. The lowest BCUT2D eigenvalue weighted by Gasteiger charge is -2.19. The molecule has 150 valence electrons. The number of hydrogen-bond donors (Lipinski definition) is 3. The molecule has 1 aromatic rings. The Labute approximate surface area is 160 Å². The van der Waals surface area contributed by atoms with Crippen molar-refractivity contribution >= 4 is 23.7 Å². The van der Waals surface area contributed by atoms with Crippen molar-refractivity contribution in [3.63, 3.8) is 0 Å². The summed E-state index contributed by atoms with van der Waals surface area (Å²) in [4.78, 5) is 26.9. The number of benzene rings is 1. The summed E-state index contributed by atoms with van der Waals surface area (Å²) < 4.78 is 9.81. The molecule has 0 aromatic heterocycles. The molecular weight excluding hydrogens is 348 g/mol. The van der Waals surface area contributed by atoms with Gasteiger partial charge in [-0.1, -0.05) is 12.1 Å². The number of esters is 1. The molecule has 0 heterocycles. The molecule has 0 radical (unpaired) electrons. The van der Waals surface area contributed by atoms with Crippen molar-refractivity contribution < 1.29 is 19.1 Å². The Morgan fingerprint density at radius 3 is 2.26 bits per heavy atom. The van der Waals surface area contributed by atoms with Gasteiger partial charge in [-0.25, -0.2) is 4.79 Å². The average molecular weight is 378 g/mol. The first-order chi connectivity index (χ1) is 12.7. The van der Waals surface area contributed by atoms with E-state index in [0.717, 1.165) is 12.0 Å². The fraction of sp³-hybridized carbons (Fsp3) is 0.526. The highest BCUT2D eigenvalue weighted by molar-refractivity contribution is 5.84. The van der Waals surface area contributed by atoms with Crippen LogP contribution < -0.4 is 16.0 Å². The standard InChI is InChI=1S/C19H30N4O4/c1-19(2,3)27-18(25)23-15-8-6-14(7-9-15)10-12-21-17(20-4)22-13-11-16(24)26-5/h6-9H,10-13H2,1-5H3,(H,23,25)(H2,20,21,22). The first kappa shape index (κ1) is 22.3. The molecule has 0 fully saturated rings. The summed E-state index contributed by atoms with van der Waals surface area (Å²) in [6.07, 6.45) is 0.590. The van der Waals surface area contributed by atoms with Gasteiger partial charge in [-0.15, -0.1) is 0 Å². The van der Waals surface area contributed by atoms with Crippen molar-refractivity contribution in [2.45, 2.75) is 39.2 Å². The number of anilines is 1. The second kappa shape index (κ2) is 11.1. The van der Waals surface area contributed by atoms with E-state index in [2.05, 4.69) is 25.7 Å². The van der Waals surface area contributed by atoms with Crippen LogP contribution in [0, 0.1) is 0 Å². The van der Waals surface area contributed by atoms with Crippen LogP contribution in [-0.2, 0) is 20.7 Å². The molecule has 0 aliphatic carbocycles. The van der Waals surface area contributed by atoms with Crippen molar-refractivity contribution in [2.75, 3.05) is 32.6 Å². The van der Waals surface area contributed by atoms with Crippen LogP contribution in [-0.4, -0.2) is 50.9 Å². The Kier molecular flexibility index (Phi) is 9.12. The van der Waals surface area contributed by atoms with Crippen molar-refractivity contribution in [2.24, 2.45) is 4.99 Å². The highest BCUT2D eigenvalue weighted by Gasteiger charge is 2.16. The number of carbonyl (C=O) groups is 2. The van der Waals surface area contributed by atoms with Gasteiger partial charge >= 0.3 is 12.1 Å². The summed E-state index contributed by atoms with van der Waals surface area (Å²) in [6, 6.07) is 7.56. The van der Waals surface area contributed by atoms with Crippen LogP contribution in [0.1, 0.15) is 32.8 Å². The maximum absolute atomic E-state index is 11.7. The number of guanidine groups is 1. The molecule has 3 N–H and O–H groups in total. The molecule has 8 nitrogen and oxygen atoms in total. The minimum Gasteiger partial charge on any atom is -0.469 e. The molecule has 0 spiro atoms. The zero-order valence-electron chi connectivity index (χ0n) is 16.7. The maximum atomic E-state index is 11.7. The summed E-state index contributed by atoms with van der Waals surface area (Å²) >= 11 is 0. The Balaban J connectivity index is 2.36. The van der Waals surface area contributed by atoms with Gasteiger partial charge < -0.3 is 20.1 Å². The average Bonchev–Trinajstić information content (AvgIpc) is 2.60. The van der Waals surface area contributed by atoms with Crippen molar-refractivity contribution in [1.82, 2.24) is 10.6 Å². The number of hydrogen-bond acceptors (Lipinski definition) is 5. The van der Waals surface area contributed by atoms with E-state index in [1.54, 1.807) is 7.05 Å². The van der Waals surface area contributed by atoms with Gasteiger partial charge in [-0.2, -0.15) is 0 Å². The van der Waals surface area contributed by atoms with Gasteiger partial charge in [0, 0.05) is 25.8 Å².